The monoisotopic (exact) mass is 552 g/mol. The Morgan fingerprint density at radius 2 is 0.950 bits per heavy atom. The van der Waals surface area contributed by atoms with E-state index >= 15 is 0 Å². The molecule has 0 bridgehead atoms. The van der Waals surface area contributed by atoms with Crippen molar-refractivity contribution in [3.8, 4) is 11.5 Å². The summed E-state index contributed by atoms with van der Waals surface area (Å²) in [4.78, 5) is 27.0. The zero-order valence-electron chi connectivity index (χ0n) is 26.1. The molecule has 0 aliphatic heterocycles. The summed E-state index contributed by atoms with van der Waals surface area (Å²) in [5, 5.41) is 7.05. The number of ether oxygens (including phenoxy) is 2. The van der Waals surface area contributed by atoms with Crippen molar-refractivity contribution in [1.82, 2.24) is 10.6 Å². The quantitative estimate of drug-likeness (QED) is 0.161. The summed E-state index contributed by atoms with van der Waals surface area (Å²) in [7, 11) is 0. The largest absolute Gasteiger partial charge is 0.494 e. The fraction of sp³-hybridized carbons (Fsp3) is 0.588. The van der Waals surface area contributed by atoms with Crippen LogP contribution in [0.2, 0.25) is 0 Å². The van der Waals surface area contributed by atoms with Crippen molar-refractivity contribution < 1.29 is 19.1 Å². The van der Waals surface area contributed by atoms with Crippen molar-refractivity contribution in [1.29, 1.82) is 0 Å². The van der Waals surface area contributed by atoms with Crippen LogP contribution in [0, 0.1) is 11.8 Å². The Hall–Kier alpha value is -2.70. The number of hydrogen-bond acceptors (Lipinski definition) is 6. The predicted octanol–water partition coefficient (Wildman–Crippen LogP) is 7.12. The number of carbonyl (C=O) groups excluding carboxylic acids is 2. The van der Waals surface area contributed by atoms with Crippen LogP contribution < -0.4 is 20.1 Å². The summed E-state index contributed by atoms with van der Waals surface area (Å²) in [6.45, 7) is 19.0. The molecule has 222 valence electrons. The first-order valence-electron chi connectivity index (χ1n) is 14.9. The maximum absolute atomic E-state index is 13.5. The molecule has 0 saturated carbocycles. The van der Waals surface area contributed by atoms with Crippen LogP contribution in [0.15, 0.2) is 48.5 Å². The van der Waals surface area contributed by atoms with E-state index in [1.165, 1.54) is 0 Å². The zero-order valence-corrected chi connectivity index (χ0v) is 26.1. The Balaban J connectivity index is 2.07. The third-order valence-corrected chi connectivity index (χ3v) is 6.75. The van der Waals surface area contributed by atoms with Crippen molar-refractivity contribution in [2.75, 3.05) is 26.3 Å². The molecule has 2 N–H and O–H groups in total. The minimum absolute atomic E-state index is 0.0782. The van der Waals surface area contributed by atoms with Gasteiger partial charge in [0.05, 0.1) is 13.2 Å². The van der Waals surface area contributed by atoms with Gasteiger partial charge in [-0.1, -0.05) is 12.8 Å². The van der Waals surface area contributed by atoms with E-state index in [1.54, 1.807) is 0 Å². The lowest BCUT2D eigenvalue weighted by Gasteiger charge is -2.26. The van der Waals surface area contributed by atoms with E-state index in [0.29, 0.717) is 37.4 Å². The lowest BCUT2D eigenvalue weighted by molar-refractivity contribution is 0.0886. The lowest BCUT2D eigenvalue weighted by atomic mass is 9.88. The Labute approximate surface area is 242 Å². The topological polar surface area (TPSA) is 76.7 Å². The molecule has 0 amide bonds. The first-order chi connectivity index (χ1) is 18.8. The molecule has 2 atom stereocenters. The van der Waals surface area contributed by atoms with Gasteiger partial charge in [0, 0.05) is 47.1 Å². The third kappa shape index (κ3) is 12.2. The fourth-order valence-electron chi connectivity index (χ4n) is 4.53. The summed E-state index contributed by atoms with van der Waals surface area (Å²) < 4.78 is 11.1. The van der Waals surface area contributed by atoms with Crippen molar-refractivity contribution in [2.45, 2.75) is 92.2 Å². The standard InChI is InChI=1S/C34H52N2O4/c1-9-39-29-19-15-25(16-20-29)31(37)27(23-35-33(3,4)5)13-11-12-14-28(24-36-34(6,7)8)32(38)26-17-21-30(22-18-26)40-10-2/h15-22,27-28,35-36H,9-14,23-24H2,1-8H3/t27-,28-/m1/s1. The van der Waals surface area contributed by atoms with Crippen LogP contribution in [-0.4, -0.2) is 48.9 Å². The van der Waals surface area contributed by atoms with E-state index < -0.39 is 0 Å². The van der Waals surface area contributed by atoms with Crippen LogP contribution in [0.3, 0.4) is 0 Å². The molecule has 0 spiro atoms. The van der Waals surface area contributed by atoms with Gasteiger partial charge in [0.25, 0.3) is 0 Å². The number of Topliss-reactive ketones (excluding diaryl/α,β-unsaturated/α-hetero) is 2. The van der Waals surface area contributed by atoms with Crippen LogP contribution in [0.1, 0.15) is 102 Å². The van der Waals surface area contributed by atoms with E-state index in [4.69, 9.17) is 9.47 Å². The zero-order chi connectivity index (χ0) is 29.8. The minimum Gasteiger partial charge on any atom is -0.494 e. The van der Waals surface area contributed by atoms with Crippen LogP contribution >= 0.6 is 0 Å². The molecule has 2 aromatic carbocycles. The molecule has 40 heavy (non-hydrogen) atoms. The maximum Gasteiger partial charge on any atom is 0.167 e. The fourth-order valence-corrected chi connectivity index (χ4v) is 4.53. The lowest BCUT2D eigenvalue weighted by Crippen LogP contribution is -2.41. The third-order valence-electron chi connectivity index (χ3n) is 6.75. The highest BCUT2D eigenvalue weighted by Crippen LogP contribution is 2.23. The van der Waals surface area contributed by atoms with Gasteiger partial charge < -0.3 is 20.1 Å². The van der Waals surface area contributed by atoms with E-state index in [1.807, 2.05) is 62.4 Å². The normalized spacial score (nSPS) is 13.5. The summed E-state index contributed by atoms with van der Waals surface area (Å²) >= 11 is 0. The average molecular weight is 553 g/mol. The average Bonchev–Trinajstić information content (AvgIpc) is 2.89. The second-order valence-electron chi connectivity index (χ2n) is 12.6. The second-order valence-corrected chi connectivity index (χ2v) is 12.6. The number of ketones is 2. The van der Waals surface area contributed by atoms with Gasteiger partial charge in [-0.2, -0.15) is 0 Å². The Morgan fingerprint density at radius 1 is 0.625 bits per heavy atom. The molecule has 6 nitrogen and oxygen atoms in total. The SMILES string of the molecule is CCOc1ccc(C(=O)[C@H](CCCC[C@H](CNC(C)(C)C)C(=O)c2ccc(OCC)cc2)CNC(C)(C)C)cc1. The molecule has 0 aliphatic carbocycles. The van der Waals surface area contributed by atoms with Gasteiger partial charge in [0.2, 0.25) is 0 Å². The number of hydrogen-bond donors (Lipinski definition) is 2. The highest BCUT2D eigenvalue weighted by Gasteiger charge is 2.25. The summed E-state index contributed by atoms with van der Waals surface area (Å²) in [6.07, 6.45) is 3.29. The highest BCUT2D eigenvalue weighted by atomic mass is 16.5. The van der Waals surface area contributed by atoms with Gasteiger partial charge in [0.1, 0.15) is 11.5 Å². The van der Waals surface area contributed by atoms with Crippen LogP contribution in [0.25, 0.3) is 0 Å². The van der Waals surface area contributed by atoms with Gasteiger partial charge in [0.15, 0.2) is 11.6 Å². The van der Waals surface area contributed by atoms with E-state index in [9.17, 15) is 9.59 Å². The van der Waals surface area contributed by atoms with E-state index in [2.05, 4.69) is 52.2 Å². The number of nitrogens with one attached hydrogen (secondary N) is 2. The first-order valence-corrected chi connectivity index (χ1v) is 14.9. The number of benzene rings is 2. The van der Waals surface area contributed by atoms with Crippen molar-refractivity contribution in [3.63, 3.8) is 0 Å². The molecule has 0 aromatic heterocycles. The van der Waals surface area contributed by atoms with Crippen LogP contribution in [0.4, 0.5) is 0 Å². The van der Waals surface area contributed by atoms with Crippen molar-refractivity contribution in [2.24, 2.45) is 11.8 Å². The summed E-state index contributed by atoms with van der Waals surface area (Å²) in [6, 6.07) is 14.9. The number of unbranched alkanes of at least 4 members (excludes halogenated alkanes) is 1. The first kappa shape index (κ1) is 33.5. The van der Waals surface area contributed by atoms with E-state index in [-0.39, 0.29) is 34.5 Å². The van der Waals surface area contributed by atoms with Gasteiger partial charge in [-0.15, -0.1) is 0 Å². The Kier molecular flexibility index (Phi) is 13.3. The molecule has 0 unspecified atom stereocenters. The Morgan fingerprint density at radius 3 is 1.23 bits per heavy atom. The molecule has 6 heteroatoms. The number of carbonyl (C=O) groups is 2. The van der Waals surface area contributed by atoms with Crippen molar-refractivity contribution in [3.05, 3.63) is 59.7 Å². The second kappa shape index (κ2) is 15.9. The Bertz CT molecular complexity index is 948. The predicted molar refractivity (Wildman–Crippen MR) is 165 cm³/mol. The molecular formula is C34H52N2O4. The molecule has 0 radical (unpaired) electrons. The van der Waals surface area contributed by atoms with Gasteiger partial charge in [-0.05, 0) is 117 Å². The van der Waals surface area contributed by atoms with Gasteiger partial charge in [-0.3, -0.25) is 9.59 Å². The molecule has 0 fully saturated rings. The highest BCUT2D eigenvalue weighted by molar-refractivity contribution is 5.98. The van der Waals surface area contributed by atoms with Gasteiger partial charge >= 0.3 is 0 Å². The molecule has 2 rings (SSSR count). The minimum atomic E-state index is -0.134. The molecular weight excluding hydrogens is 500 g/mol. The van der Waals surface area contributed by atoms with Gasteiger partial charge in [-0.25, -0.2) is 0 Å². The summed E-state index contributed by atoms with van der Waals surface area (Å²) in [5.41, 5.74) is 1.26. The molecule has 2 aromatic rings. The molecule has 0 heterocycles. The molecule has 0 saturated heterocycles. The van der Waals surface area contributed by atoms with Crippen molar-refractivity contribution >= 4 is 11.6 Å². The smallest absolute Gasteiger partial charge is 0.167 e. The van der Waals surface area contributed by atoms with Crippen LogP contribution in [-0.2, 0) is 0 Å². The van der Waals surface area contributed by atoms with E-state index in [0.717, 1.165) is 37.2 Å². The molecule has 0 aliphatic rings. The maximum atomic E-state index is 13.5. The number of rotatable bonds is 17. The summed E-state index contributed by atoms with van der Waals surface area (Å²) in [5.74, 6) is 1.58. The van der Waals surface area contributed by atoms with Crippen LogP contribution in [0.5, 0.6) is 11.5 Å².